The average Bonchev–Trinajstić information content (AvgIpc) is 3.33. The fourth-order valence-electron chi connectivity index (χ4n) is 2.50. The first-order valence-corrected chi connectivity index (χ1v) is 10.5. The van der Waals surface area contributed by atoms with Crippen LogP contribution in [0, 0.1) is 13.8 Å². The van der Waals surface area contributed by atoms with Crippen LogP contribution in [0.1, 0.15) is 11.4 Å². The second kappa shape index (κ2) is 8.50. The Morgan fingerprint density at radius 1 is 1.24 bits per heavy atom. The van der Waals surface area contributed by atoms with Crippen molar-refractivity contribution in [2.24, 2.45) is 0 Å². The molecule has 0 fully saturated rings. The second-order valence-corrected chi connectivity index (χ2v) is 8.10. The van der Waals surface area contributed by atoms with Crippen molar-refractivity contribution in [2.75, 3.05) is 11.1 Å². The number of carbonyl (C=O) groups is 1. The van der Waals surface area contributed by atoms with Gasteiger partial charge in [0.2, 0.25) is 11.8 Å². The number of nitrogens with zero attached hydrogens (tertiary/aromatic N) is 5. The number of anilines is 1. The standard InChI is InChI=1S/C19H16N6O2S2/c1-11-8-16(27-25-11)22-15(26)10-28-17-6-5-14(23-24-17)18-12(2)21-19(29-18)13-4-3-7-20-9-13/h3-9H,10H2,1-2H3,(H,22,26). The zero-order valence-corrected chi connectivity index (χ0v) is 17.3. The van der Waals surface area contributed by atoms with Gasteiger partial charge in [0, 0.05) is 24.0 Å². The lowest BCUT2D eigenvalue weighted by Crippen LogP contribution is -2.13. The van der Waals surface area contributed by atoms with Crippen LogP contribution in [0.3, 0.4) is 0 Å². The molecule has 0 aromatic carbocycles. The van der Waals surface area contributed by atoms with Crippen molar-refractivity contribution < 1.29 is 9.32 Å². The zero-order valence-electron chi connectivity index (χ0n) is 15.6. The molecule has 0 bridgehead atoms. The number of rotatable bonds is 6. The molecule has 0 spiro atoms. The van der Waals surface area contributed by atoms with Gasteiger partial charge >= 0.3 is 0 Å². The van der Waals surface area contributed by atoms with Gasteiger partial charge in [0.05, 0.1) is 22.0 Å². The topological polar surface area (TPSA) is 107 Å². The summed E-state index contributed by atoms with van der Waals surface area (Å²) in [5.74, 6) is 0.328. The van der Waals surface area contributed by atoms with Crippen LogP contribution in [0.15, 0.2) is 52.3 Å². The molecule has 0 atom stereocenters. The zero-order chi connectivity index (χ0) is 20.2. The highest BCUT2D eigenvalue weighted by atomic mass is 32.2. The van der Waals surface area contributed by atoms with E-state index >= 15 is 0 Å². The third kappa shape index (κ3) is 4.66. The smallest absolute Gasteiger partial charge is 0.237 e. The molecule has 8 nitrogen and oxygen atoms in total. The van der Waals surface area contributed by atoms with Crippen LogP contribution in [0.4, 0.5) is 5.88 Å². The maximum absolute atomic E-state index is 12.0. The number of pyridine rings is 1. The molecule has 0 radical (unpaired) electrons. The van der Waals surface area contributed by atoms with Crippen LogP contribution in [-0.2, 0) is 4.79 Å². The van der Waals surface area contributed by atoms with Crippen LogP contribution in [-0.4, -0.2) is 37.0 Å². The maximum atomic E-state index is 12.0. The van der Waals surface area contributed by atoms with Crippen LogP contribution in [0.25, 0.3) is 21.1 Å². The third-order valence-electron chi connectivity index (χ3n) is 3.82. The predicted octanol–water partition coefficient (Wildman–Crippen LogP) is 4.00. The maximum Gasteiger partial charge on any atom is 0.237 e. The van der Waals surface area contributed by atoms with Gasteiger partial charge < -0.3 is 4.52 Å². The van der Waals surface area contributed by atoms with Gasteiger partial charge in [-0.3, -0.25) is 15.1 Å². The summed E-state index contributed by atoms with van der Waals surface area (Å²) in [6.07, 6.45) is 3.53. The Morgan fingerprint density at radius 2 is 2.14 bits per heavy atom. The quantitative estimate of drug-likeness (QED) is 0.463. The van der Waals surface area contributed by atoms with E-state index in [0.29, 0.717) is 16.6 Å². The molecule has 29 heavy (non-hydrogen) atoms. The molecule has 4 heterocycles. The number of thiazole rings is 1. The molecule has 0 aliphatic carbocycles. The Labute approximate surface area is 174 Å². The van der Waals surface area contributed by atoms with E-state index in [-0.39, 0.29) is 11.7 Å². The molecule has 0 saturated heterocycles. The minimum Gasteiger partial charge on any atom is -0.338 e. The second-order valence-electron chi connectivity index (χ2n) is 6.10. The van der Waals surface area contributed by atoms with Gasteiger partial charge in [0.15, 0.2) is 0 Å². The van der Waals surface area contributed by atoms with Crippen LogP contribution in [0.5, 0.6) is 0 Å². The summed E-state index contributed by atoms with van der Waals surface area (Å²) >= 11 is 2.85. The van der Waals surface area contributed by atoms with Crippen molar-refractivity contribution in [1.82, 2.24) is 25.3 Å². The summed E-state index contributed by atoms with van der Waals surface area (Å²) in [6.45, 7) is 3.74. The average molecular weight is 425 g/mol. The summed E-state index contributed by atoms with van der Waals surface area (Å²) in [6, 6.07) is 9.26. The molecular weight excluding hydrogens is 408 g/mol. The van der Waals surface area contributed by atoms with Gasteiger partial charge in [0.25, 0.3) is 0 Å². The van der Waals surface area contributed by atoms with E-state index in [1.807, 2.05) is 31.2 Å². The summed E-state index contributed by atoms with van der Waals surface area (Å²) in [5, 5.41) is 16.5. The predicted molar refractivity (Wildman–Crippen MR) is 112 cm³/mol. The number of hydrogen-bond donors (Lipinski definition) is 1. The molecule has 146 valence electrons. The summed E-state index contributed by atoms with van der Waals surface area (Å²) < 4.78 is 4.97. The van der Waals surface area contributed by atoms with Crippen LogP contribution < -0.4 is 5.32 Å². The molecule has 4 aromatic heterocycles. The minimum absolute atomic E-state index is 0.193. The Morgan fingerprint density at radius 3 is 2.83 bits per heavy atom. The Hall–Kier alpha value is -3.11. The number of carbonyl (C=O) groups excluding carboxylic acids is 1. The van der Waals surface area contributed by atoms with Crippen LogP contribution in [0.2, 0.25) is 0 Å². The summed E-state index contributed by atoms with van der Waals surface area (Å²) in [7, 11) is 0. The van der Waals surface area contributed by atoms with E-state index in [2.05, 4.69) is 30.6 Å². The van der Waals surface area contributed by atoms with Gasteiger partial charge in [-0.1, -0.05) is 16.9 Å². The number of nitrogens with one attached hydrogen (secondary N) is 1. The van der Waals surface area contributed by atoms with E-state index in [4.69, 9.17) is 4.52 Å². The molecule has 10 heteroatoms. The Balaban J connectivity index is 1.40. The van der Waals surface area contributed by atoms with Crippen molar-refractivity contribution >= 4 is 34.9 Å². The van der Waals surface area contributed by atoms with E-state index in [9.17, 15) is 4.79 Å². The molecule has 0 unspecified atom stereocenters. The van der Waals surface area contributed by atoms with Gasteiger partial charge in [-0.25, -0.2) is 4.98 Å². The van der Waals surface area contributed by atoms with Gasteiger partial charge in [-0.2, -0.15) is 0 Å². The molecule has 1 N–H and O–H groups in total. The SMILES string of the molecule is Cc1cc(NC(=O)CSc2ccc(-c3sc(-c4cccnc4)nc3C)nn2)on1. The summed E-state index contributed by atoms with van der Waals surface area (Å²) in [5.41, 5.74) is 3.32. The highest BCUT2D eigenvalue weighted by molar-refractivity contribution is 7.99. The van der Waals surface area contributed by atoms with Crippen molar-refractivity contribution in [3.8, 4) is 21.1 Å². The number of aryl methyl sites for hydroxylation is 2. The number of amides is 1. The van der Waals surface area contributed by atoms with Crippen molar-refractivity contribution in [2.45, 2.75) is 18.9 Å². The van der Waals surface area contributed by atoms with Crippen molar-refractivity contribution in [1.29, 1.82) is 0 Å². The fraction of sp³-hybridized carbons (Fsp3) is 0.158. The van der Waals surface area contributed by atoms with E-state index in [1.165, 1.54) is 11.8 Å². The van der Waals surface area contributed by atoms with E-state index < -0.39 is 0 Å². The lowest BCUT2D eigenvalue weighted by molar-refractivity contribution is -0.113. The van der Waals surface area contributed by atoms with Gasteiger partial charge in [-0.05, 0) is 38.1 Å². The molecular formula is C19H16N6O2S2. The normalized spacial score (nSPS) is 10.8. The number of thioether (sulfide) groups is 1. The van der Waals surface area contributed by atoms with Crippen molar-refractivity contribution in [3.63, 3.8) is 0 Å². The molecule has 4 aromatic rings. The van der Waals surface area contributed by atoms with E-state index in [1.54, 1.807) is 36.7 Å². The van der Waals surface area contributed by atoms with E-state index in [0.717, 1.165) is 26.8 Å². The Bertz CT molecular complexity index is 1130. The van der Waals surface area contributed by atoms with Gasteiger partial charge in [-0.15, -0.1) is 21.5 Å². The molecule has 0 saturated carbocycles. The van der Waals surface area contributed by atoms with Gasteiger partial charge in [0.1, 0.15) is 15.7 Å². The lowest BCUT2D eigenvalue weighted by atomic mass is 10.3. The van der Waals surface area contributed by atoms with Crippen molar-refractivity contribution in [3.05, 3.63) is 54.1 Å². The highest BCUT2D eigenvalue weighted by Gasteiger charge is 2.14. The largest absolute Gasteiger partial charge is 0.338 e. The molecule has 1 amide bonds. The minimum atomic E-state index is -0.198. The highest BCUT2D eigenvalue weighted by Crippen LogP contribution is 2.34. The first-order valence-electron chi connectivity index (χ1n) is 8.66. The fourth-order valence-corrected chi connectivity index (χ4v) is 4.14. The van der Waals surface area contributed by atoms with Crippen LogP contribution >= 0.6 is 23.1 Å². The number of aromatic nitrogens is 5. The first-order chi connectivity index (χ1) is 14.1. The molecule has 0 aliphatic rings. The molecule has 0 aliphatic heterocycles. The monoisotopic (exact) mass is 424 g/mol. The first kappa shape index (κ1) is 19.2. The summed E-state index contributed by atoms with van der Waals surface area (Å²) in [4.78, 5) is 21.7. The molecule has 4 rings (SSSR count). The number of hydrogen-bond acceptors (Lipinski definition) is 9. The lowest BCUT2D eigenvalue weighted by Gasteiger charge is -2.02. The third-order valence-corrected chi connectivity index (χ3v) is 5.97. The Kier molecular flexibility index (Phi) is 5.63.